The van der Waals surface area contributed by atoms with Crippen molar-refractivity contribution in [1.29, 1.82) is 0 Å². The molecular formula is C15H17BrN2O. The monoisotopic (exact) mass is 320 g/mol. The van der Waals surface area contributed by atoms with Crippen LogP contribution in [0.3, 0.4) is 0 Å². The fourth-order valence-corrected chi connectivity index (χ4v) is 2.95. The number of hydrogen-bond acceptors (Lipinski definition) is 3. The van der Waals surface area contributed by atoms with Gasteiger partial charge in [0.25, 0.3) is 0 Å². The number of hydrogen-bond donors (Lipinski definition) is 1. The van der Waals surface area contributed by atoms with Crippen molar-refractivity contribution >= 4 is 32.5 Å². The number of fused-ring (bicyclic) bond motifs is 2. The fourth-order valence-electron chi connectivity index (χ4n) is 2.50. The van der Waals surface area contributed by atoms with Gasteiger partial charge < -0.3 is 10.1 Å². The van der Waals surface area contributed by atoms with Crippen molar-refractivity contribution in [1.82, 2.24) is 4.98 Å². The predicted molar refractivity (Wildman–Crippen MR) is 81.6 cm³/mol. The highest BCUT2D eigenvalue weighted by Crippen LogP contribution is 2.34. The zero-order chi connectivity index (χ0) is 13.2. The molecule has 0 bridgehead atoms. The normalized spacial score (nSPS) is 14.4. The first kappa shape index (κ1) is 12.9. The molecule has 3 nitrogen and oxygen atoms in total. The third kappa shape index (κ3) is 2.35. The van der Waals surface area contributed by atoms with Gasteiger partial charge in [0.15, 0.2) is 0 Å². The van der Waals surface area contributed by atoms with E-state index in [0.29, 0.717) is 6.61 Å². The van der Waals surface area contributed by atoms with E-state index in [1.54, 1.807) is 0 Å². The number of aromatic nitrogens is 1. The largest absolute Gasteiger partial charge is 0.384 e. The molecule has 1 N–H and O–H groups in total. The van der Waals surface area contributed by atoms with Crippen LogP contribution in [0.5, 0.6) is 0 Å². The van der Waals surface area contributed by atoms with Crippen LogP contribution in [0.15, 0.2) is 22.7 Å². The molecule has 0 aliphatic carbocycles. The second-order valence-corrected chi connectivity index (χ2v) is 5.63. The summed E-state index contributed by atoms with van der Waals surface area (Å²) in [4.78, 5) is 4.82. The molecule has 1 aromatic heterocycles. The lowest BCUT2D eigenvalue weighted by Crippen LogP contribution is -2.16. The summed E-state index contributed by atoms with van der Waals surface area (Å²) in [6.07, 6.45) is 2.00. The number of benzene rings is 1. The summed E-state index contributed by atoms with van der Waals surface area (Å²) in [6.45, 7) is 4.58. The summed E-state index contributed by atoms with van der Waals surface area (Å²) in [6, 6.07) is 6.23. The Morgan fingerprint density at radius 3 is 3.16 bits per heavy atom. The Balaban J connectivity index is 2.24. The lowest BCUT2D eigenvalue weighted by Gasteiger charge is -2.22. The van der Waals surface area contributed by atoms with Gasteiger partial charge in [-0.3, -0.25) is 4.98 Å². The number of pyridine rings is 1. The van der Waals surface area contributed by atoms with Crippen molar-refractivity contribution in [3.8, 4) is 0 Å². The molecule has 0 unspecified atom stereocenters. The summed E-state index contributed by atoms with van der Waals surface area (Å²) in [5, 5.41) is 4.73. The average Bonchev–Trinajstić information content (AvgIpc) is 2.44. The molecule has 1 aliphatic heterocycles. The van der Waals surface area contributed by atoms with E-state index < -0.39 is 0 Å². The summed E-state index contributed by atoms with van der Waals surface area (Å²) < 4.78 is 6.66. The van der Waals surface area contributed by atoms with Gasteiger partial charge in [0.1, 0.15) is 0 Å². The molecule has 100 valence electrons. The minimum Gasteiger partial charge on any atom is -0.384 e. The van der Waals surface area contributed by atoms with Crippen LogP contribution >= 0.6 is 15.9 Å². The lowest BCUT2D eigenvalue weighted by molar-refractivity contribution is 0.110. The summed E-state index contributed by atoms with van der Waals surface area (Å²) in [5.74, 6) is 0. The molecule has 19 heavy (non-hydrogen) atoms. The molecule has 2 aromatic rings. The van der Waals surface area contributed by atoms with E-state index in [1.165, 1.54) is 22.3 Å². The first-order valence-corrected chi connectivity index (χ1v) is 7.52. The van der Waals surface area contributed by atoms with E-state index in [9.17, 15) is 0 Å². The van der Waals surface area contributed by atoms with Crippen LogP contribution in [0, 0.1) is 0 Å². The van der Waals surface area contributed by atoms with Gasteiger partial charge in [-0.2, -0.15) is 0 Å². The van der Waals surface area contributed by atoms with Crippen LogP contribution in [-0.4, -0.2) is 18.1 Å². The Morgan fingerprint density at radius 1 is 1.42 bits per heavy atom. The zero-order valence-corrected chi connectivity index (χ0v) is 12.6. The van der Waals surface area contributed by atoms with Crippen molar-refractivity contribution in [2.75, 3.05) is 18.5 Å². The van der Waals surface area contributed by atoms with E-state index in [1.807, 2.05) is 6.07 Å². The lowest BCUT2D eigenvalue weighted by atomic mass is 10.0. The molecule has 2 heterocycles. The summed E-state index contributed by atoms with van der Waals surface area (Å²) in [7, 11) is 0. The van der Waals surface area contributed by atoms with Crippen LogP contribution in [0.1, 0.15) is 24.6 Å². The maximum Gasteiger partial charge on any atom is 0.0868 e. The SMILES string of the molecule is CCCNc1c2c(nc3c(Br)cccc13)CCOC2. The Bertz CT molecular complexity index is 613. The quantitative estimate of drug-likeness (QED) is 0.931. The molecule has 0 spiro atoms. The molecule has 1 aliphatic rings. The molecular weight excluding hydrogens is 304 g/mol. The van der Waals surface area contributed by atoms with E-state index in [4.69, 9.17) is 9.72 Å². The van der Waals surface area contributed by atoms with Gasteiger partial charge >= 0.3 is 0 Å². The molecule has 0 saturated carbocycles. The second-order valence-electron chi connectivity index (χ2n) is 4.78. The van der Waals surface area contributed by atoms with E-state index in [-0.39, 0.29) is 0 Å². The molecule has 0 fully saturated rings. The van der Waals surface area contributed by atoms with Gasteiger partial charge in [0, 0.05) is 28.4 Å². The topological polar surface area (TPSA) is 34.2 Å². The maximum atomic E-state index is 5.60. The van der Waals surface area contributed by atoms with Gasteiger partial charge in [0.2, 0.25) is 0 Å². The molecule has 4 heteroatoms. The molecule has 3 rings (SSSR count). The van der Waals surface area contributed by atoms with Gasteiger partial charge in [0.05, 0.1) is 30.1 Å². The molecule has 0 saturated heterocycles. The summed E-state index contributed by atoms with van der Waals surface area (Å²) in [5.41, 5.74) is 4.64. The highest BCUT2D eigenvalue weighted by atomic mass is 79.9. The number of ether oxygens (including phenoxy) is 1. The highest BCUT2D eigenvalue weighted by Gasteiger charge is 2.19. The van der Waals surface area contributed by atoms with Gasteiger partial charge in [-0.25, -0.2) is 0 Å². The third-order valence-corrected chi connectivity index (χ3v) is 4.07. The minimum atomic E-state index is 0.664. The first-order chi connectivity index (χ1) is 9.31. The number of halogens is 1. The van der Waals surface area contributed by atoms with Gasteiger partial charge in [-0.1, -0.05) is 19.1 Å². The van der Waals surface area contributed by atoms with E-state index >= 15 is 0 Å². The van der Waals surface area contributed by atoms with Gasteiger partial charge in [-0.05, 0) is 28.4 Å². The van der Waals surface area contributed by atoms with Crippen molar-refractivity contribution in [3.05, 3.63) is 33.9 Å². The Labute approximate surface area is 121 Å². The van der Waals surface area contributed by atoms with E-state index in [2.05, 4.69) is 40.3 Å². The maximum absolute atomic E-state index is 5.60. The van der Waals surface area contributed by atoms with Crippen LogP contribution < -0.4 is 5.32 Å². The summed E-state index contributed by atoms with van der Waals surface area (Å²) >= 11 is 3.61. The Hall–Kier alpha value is -1.13. The molecule has 0 amide bonds. The zero-order valence-electron chi connectivity index (χ0n) is 11.0. The minimum absolute atomic E-state index is 0.664. The number of rotatable bonds is 3. The first-order valence-electron chi connectivity index (χ1n) is 6.73. The Kier molecular flexibility index (Phi) is 3.71. The number of para-hydroxylation sites is 1. The van der Waals surface area contributed by atoms with Crippen molar-refractivity contribution in [2.45, 2.75) is 26.4 Å². The standard InChI is InChI=1S/C15H17BrN2O/c1-2-7-17-14-10-4-3-5-12(16)15(10)18-13-6-8-19-9-11(13)14/h3-5H,2,6-9H2,1H3,(H,17,18). The molecule has 0 radical (unpaired) electrons. The molecule has 1 aromatic carbocycles. The van der Waals surface area contributed by atoms with Crippen molar-refractivity contribution < 1.29 is 4.74 Å². The predicted octanol–water partition coefficient (Wildman–Crippen LogP) is 3.89. The van der Waals surface area contributed by atoms with Crippen LogP contribution in [-0.2, 0) is 17.8 Å². The fraction of sp³-hybridized carbons (Fsp3) is 0.400. The number of anilines is 1. The second kappa shape index (κ2) is 5.47. The Morgan fingerprint density at radius 2 is 2.32 bits per heavy atom. The van der Waals surface area contributed by atoms with Crippen LogP contribution in [0.2, 0.25) is 0 Å². The van der Waals surface area contributed by atoms with Crippen molar-refractivity contribution in [2.24, 2.45) is 0 Å². The number of nitrogens with one attached hydrogen (secondary N) is 1. The highest BCUT2D eigenvalue weighted by molar-refractivity contribution is 9.10. The van der Waals surface area contributed by atoms with Crippen LogP contribution in [0.4, 0.5) is 5.69 Å². The molecule has 0 atom stereocenters. The number of nitrogens with zero attached hydrogens (tertiary/aromatic N) is 1. The van der Waals surface area contributed by atoms with Crippen molar-refractivity contribution in [3.63, 3.8) is 0 Å². The van der Waals surface area contributed by atoms with Crippen LogP contribution in [0.25, 0.3) is 10.9 Å². The van der Waals surface area contributed by atoms with E-state index in [0.717, 1.165) is 36.0 Å². The third-order valence-electron chi connectivity index (χ3n) is 3.43. The smallest absolute Gasteiger partial charge is 0.0868 e. The average molecular weight is 321 g/mol. The van der Waals surface area contributed by atoms with Gasteiger partial charge in [-0.15, -0.1) is 0 Å².